The van der Waals surface area contributed by atoms with Crippen LogP contribution in [0, 0.1) is 0 Å². The highest BCUT2D eigenvalue weighted by atomic mass is 79.9. The van der Waals surface area contributed by atoms with Gasteiger partial charge in [0, 0.05) is 6.54 Å². The third-order valence-corrected chi connectivity index (χ3v) is 4.69. The van der Waals surface area contributed by atoms with Gasteiger partial charge < -0.3 is 11.5 Å². The van der Waals surface area contributed by atoms with Gasteiger partial charge in [-0.1, -0.05) is 18.2 Å². The first kappa shape index (κ1) is 21.4. The Kier molecular flexibility index (Phi) is 7.35. The van der Waals surface area contributed by atoms with E-state index in [0.29, 0.717) is 6.42 Å². The Balaban J connectivity index is 0.00000312. The minimum absolute atomic E-state index is 0. The molecule has 0 radical (unpaired) electrons. The minimum atomic E-state index is -3.51. The van der Waals surface area contributed by atoms with Crippen molar-refractivity contribution in [2.45, 2.75) is 30.8 Å². The van der Waals surface area contributed by atoms with Gasteiger partial charge in [0.05, 0.1) is 11.5 Å². The summed E-state index contributed by atoms with van der Waals surface area (Å²) in [7, 11) is -3.51. The summed E-state index contributed by atoms with van der Waals surface area (Å²) in [5.41, 5.74) is 10.6. The molecule has 1 aromatic carbocycles. The van der Waals surface area contributed by atoms with Gasteiger partial charge in [0.1, 0.15) is 0 Å². The molecule has 0 unspecified atom stereocenters. The predicted octanol–water partition coefficient (Wildman–Crippen LogP) is 0.546. The molecule has 0 fully saturated rings. The molecule has 2 rings (SSSR count). The SMILES string of the molecule is Br.CC1(C)N=C(N)N=C(N)N1OCCCNS(=O)(=O)c1ccccc1. The average molecular weight is 435 g/mol. The monoisotopic (exact) mass is 434 g/mol. The minimum Gasteiger partial charge on any atom is -0.368 e. The van der Waals surface area contributed by atoms with Gasteiger partial charge in [0.2, 0.25) is 21.9 Å². The number of sulfonamides is 1. The van der Waals surface area contributed by atoms with E-state index in [1.165, 1.54) is 17.2 Å². The molecule has 11 heteroatoms. The standard InChI is InChI=1S/C14H22N6O3S.BrH/c1-14(2)19-12(15)18-13(16)20(14)23-10-6-9-17-24(21,22)11-7-4-3-5-8-11;/h3-5,7-8,17H,6,9-10H2,1-2H3,(H4,15,16,18,19);1H. The van der Waals surface area contributed by atoms with Crippen LogP contribution in [0.1, 0.15) is 20.3 Å². The quantitative estimate of drug-likeness (QED) is 0.535. The molecule has 0 spiro atoms. The van der Waals surface area contributed by atoms with Gasteiger partial charge in [-0.2, -0.15) is 10.1 Å². The van der Waals surface area contributed by atoms with Crippen LogP contribution in [0.5, 0.6) is 0 Å². The van der Waals surface area contributed by atoms with Gasteiger partial charge in [0.15, 0.2) is 5.66 Å². The number of hydrogen-bond acceptors (Lipinski definition) is 8. The summed E-state index contributed by atoms with van der Waals surface area (Å²) in [6.07, 6.45) is 0.450. The molecule has 1 aliphatic rings. The number of hydroxylamine groups is 2. The maximum atomic E-state index is 12.1. The molecule has 1 aromatic rings. The van der Waals surface area contributed by atoms with E-state index in [-0.39, 0.29) is 46.9 Å². The van der Waals surface area contributed by atoms with Gasteiger partial charge >= 0.3 is 0 Å². The number of nitrogens with two attached hydrogens (primary N) is 2. The van der Waals surface area contributed by atoms with Crippen molar-refractivity contribution in [1.29, 1.82) is 0 Å². The van der Waals surface area contributed by atoms with Crippen molar-refractivity contribution in [2.75, 3.05) is 13.2 Å². The van der Waals surface area contributed by atoms with Crippen molar-refractivity contribution in [3.05, 3.63) is 30.3 Å². The number of nitrogens with zero attached hydrogens (tertiary/aromatic N) is 3. The number of halogens is 1. The van der Waals surface area contributed by atoms with Gasteiger partial charge in [0.25, 0.3) is 0 Å². The van der Waals surface area contributed by atoms with Gasteiger partial charge in [-0.05, 0) is 32.4 Å². The molecule has 0 aliphatic carbocycles. The van der Waals surface area contributed by atoms with Crippen LogP contribution in [-0.4, -0.2) is 44.2 Å². The number of aliphatic imine (C=N–C) groups is 2. The molecule has 0 saturated carbocycles. The molecule has 25 heavy (non-hydrogen) atoms. The molecule has 140 valence electrons. The molecule has 1 aliphatic heterocycles. The fourth-order valence-corrected chi connectivity index (χ4v) is 3.23. The Bertz CT molecular complexity index is 736. The normalized spacial score (nSPS) is 16.6. The maximum absolute atomic E-state index is 12.1. The van der Waals surface area contributed by atoms with E-state index in [1.807, 2.05) is 0 Å². The third-order valence-electron chi connectivity index (χ3n) is 3.21. The second-order valence-corrected chi connectivity index (χ2v) is 7.39. The van der Waals surface area contributed by atoms with Crippen LogP contribution in [0.4, 0.5) is 0 Å². The lowest BCUT2D eigenvalue weighted by Gasteiger charge is -2.36. The van der Waals surface area contributed by atoms with E-state index in [9.17, 15) is 8.42 Å². The van der Waals surface area contributed by atoms with E-state index in [4.69, 9.17) is 16.3 Å². The molecular weight excluding hydrogens is 412 g/mol. The molecule has 0 saturated heterocycles. The first-order chi connectivity index (χ1) is 11.2. The second-order valence-electron chi connectivity index (χ2n) is 5.63. The molecule has 0 amide bonds. The third kappa shape index (κ3) is 5.66. The summed E-state index contributed by atoms with van der Waals surface area (Å²) < 4.78 is 26.6. The van der Waals surface area contributed by atoms with Crippen LogP contribution in [0.25, 0.3) is 0 Å². The Labute approximate surface area is 157 Å². The van der Waals surface area contributed by atoms with Crippen LogP contribution in [0.15, 0.2) is 45.2 Å². The van der Waals surface area contributed by atoms with E-state index in [2.05, 4.69) is 14.7 Å². The van der Waals surface area contributed by atoms with Gasteiger partial charge in [-0.15, -0.1) is 17.0 Å². The van der Waals surface area contributed by atoms with Crippen LogP contribution < -0.4 is 16.2 Å². The van der Waals surface area contributed by atoms with E-state index in [1.54, 1.807) is 32.0 Å². The molecule has 0 atom stereocenters. The summed E-state index contributed by atoms with van der Waals surface area (Å²) >= 11 is 0. The average Bonchev–Trinajstić information content (AvgIpc) is 2.49. The lowest BCUT2D eigenvalue weighted by atomic mass is 10.2. The first-order valence-electron chi connectivity index (χ1n) is 7.40. The molecule has 9 nitrogen and oxygen atoms in total. The number of benzene rings is 1. The van der Waals surface area contributed by atoms with Gasteiger partial charge in [-0.3, -0.25) is 4.84 Å². The Hall–Kier alpha value is -1.69. The van der Waals surface area contributed by atoms with Gasteiger partial charge in [-0.25, -0.2) is 18.1 Å². The van der Waals surface area contributed by atoms with Crippen molar-refractivity contribution >= 4 is 38.9 Å². The van der Waals surface area contributed by atoms with Crippen LogP contribution in [0.3, 0.4) is 0 Å². The summed E-state index contributed by atoms with van der Waals surface area (Å²) in [6.45, 7) is 4.03. The largest absolute Gasteiger partial charge is 0.368 e. The lowest BCUT2D eigenvalue weighted by molar-refractivity contribution is -0.157. The number of rotatable bonds is 7. The van der Waals surface area contributed by atoms with Crippen LogP contribution >= 0.6 is 17.0 Å². The zero-order valence-corrected chi connectivity index (χ0v) is 16.6. The highest BCUT2D eigenvalue weighted by Gasteiger charge is 2.32. The summed E-state index contributed by atoms with van der Waals surface area (Å²) in [5, 5.41) is 1.36. The topological polar surface area (TPSA) is 135 Å². The lowest BCUT2D eigenvalue weighted by Crippen LogP contribution is -2.53. The fourth-order valence-electron chi connectivity index (χ4n) is 2.14. The highest BCUT2D eigenvalue weighted by molar-refractivity contribution is 8.93. The van der Waals surface area contributed by atoms with E-state index in [0.717, 1.165) is 0 Å². The second kappa shape index (κ2) is 8.61. The van der Waals surface area contributed by atoms with Crippen LogP contribution in [-0.2, 0) is 14.9 Å². The molecule has 1 heterocycles. The fraction of sp³-hybridized carbons (Fsp3) is 0.429. The molecular formula is C14H23BrN6O3S. The Morgan fingerprint density at radius 1 is 1.24 bits per heavy atom. The zero-order chi connectivity index (χ0) is 17.8. The summed E-state index contributed by atoms with van der Waals surface area (Å²) in [5.74, 6) is 0.199. The smallest absolute Gasteiger partial charge is 0.240 e. The highest BCUT2D eigenvalue weighted by Crippen LogP contribution is 2.19. The Morgan fingerprint density at radius 3 is 2.48 bits per heavy atom. The molecule has 0 aromatic heterocycles. The predicted molar refractivity (Wildman–Crippen MR) is 102 cm³/mol. The van der Waals surface area contributed by atoms with E-state index < -0.39 is 15.7 Å². The summed E-state index contributed by atoms with van der Waals surface area (Å²) in [4.78, 5) is 13.8. The zero-order valence-electron chi connectivity index (χ0n) is 14.0. The van der Waals surface area contributed by atoms with Crippen molar-refractivity contribution in [1.82, 2.24) is 9.79 Å². The Morgan fingerprint density at radius 2 is 1.88 bits per heavy atom. The number of hydrogen-bond donors (Lipinski definition) is 3. The van der Waals surface area contributed by atoms with Crippen molar-refractivity contribution in [3.8, 4) is 0 Å². The first-order valence-corrected chi connectivity index (χ1v) is 8.88. The number of guanidine groups is 2. The van der Waals surface area contributed by atoms with E-state index >= 15 is 0 Å². The van der Waals surface area contributed by atoms with Crippen molar-refractivity contribution in [2.24, 2.45) is 21.5 Å². The molecule has 5 N–H and O–H groups in total. The summed E-state index contributed by atoms with van der Waals surface area (Å²) in [6, 6.07) is 8.17. The molecule has 0 bridgehead atoms. The van der Waals surface area contributed by atoms with Crippen molar-refractivity contribution in [3.63, 3.8) is 0 Å². The maximum Gasteiger partial charge on any atom is 0.240 e. The number of nitrogens with one attached hydrogen (secondary N) is 1. The van der Waals surface area contributed by atoms with Crippen LogP contribution in [0.2, 0.25) is 0 Å². The van der Waals surface area contributed by atoms with Crippen molar-refractivity contribution < 1.29 is 13.3 Å².